The van der Waals surface area contributed by atoms with Crippen LogP contribution in [0.3, 0.4) is 0 Å². The first kappa shape index (κ1) is 15.9. The third-order valence-electron chi connectivity index (χ3n) is 4.33. The highest BCUT2D eigenvalue weighted by Gasteiger charge is 2.22. The lowest BCUT2D eigenvalue weighted by atomic mass is 9.85. The molecule has 0 amide bonds. The van der Waals surface area contributed by atoms with Gasteiger partial charge in [-0.15, -0.1) is 11.3 Å². The molecule has 1 unspecified atom stereocenters. The van der Waals surface area contributed by atoms with Crippen LogP contribution in [0.5, 0.6) is 0 Å². The lowest BCUT2D eigenvalue weighted by Crippen LogP contribution is -2.27. The van der Waals surface area contributed by atoms with Gasteiger partial charge in [0.05, 0.1) is 18.3 Å². The van der Waals surface area contributed by atoms with Crippen LogP contribution in [0.2, 0.25) is 0 Å². The van der Waals surface area contributed by atoms with E-state index in [1.165, 1.54) is 54.1 Å². The van der Waals surface area contributed by atoms with Gasteiger partial charge >= 0.3 is 0 Å². The van der Waals surface area contributed by atoms with Crippen LogP contribution < -0.4 is 5.32 Å². The fourth-order valence-electron chi connectivity index (χ4n) is 3.01. The lowest BCUT2D eigenvalue weighted by molar-refractivity contribution is 0.191. The van der Waals surface area contributed by atoms with Gasteiger partial charge in [0.25, 0.3) is 0 Å². The first-order chi connectivity index (χ1) is 9.70. The summed E-state index contributed by atoms with van der Waals surface area (Å²) in [7, 11) is 1.76. The molecule has 1 aromatic rings. The second-order valence-corrected chi connectivity index (χ2v) is 7.17. The zero-order valence-corrected chi connectivity index (χ0v) is 13.9. The summed E-state index contributed by atoms with van der Waals surface area (Å²) in [5, 5.41) is 4.91. The summed E-state index contributed by atoms with van der Waals surface area (Å²) in [6.07, 6.45) is 8.26. The summed E-state index contributed by atoms with van der Waals surface area (Å²) >= 11 is 1.85. The molecule has 0 aromatic carbocycles. The largest absolute Gasteiger partial charge is 0.383 e. The molecule has 1 fully saturated rings. The van der Waals surface area contributed by atoms with E-state index in [0.717, 1.165) is 19.1 Å². The van der Waals surface area contributed by atoms with Crippen molar-refractivity contribution in [3.8, 4) is 0 Å². The van der Waals surface area contributed by atoms with E-state index in [4.69, 9.17) is 9.72 Å². The van der Waals surface area contributed by atoms with Gasteiger partial charge in [0.2, 0.25) is 0 Å². The van der Waals surface area contributed by atoms with E-state index in [0.29, 0.717) is 6.04 Å². The Kier molecular flexibility index (Phi) is 6.46. The quantitative estimate of drug-likeness (QED) is 0.772. The van der Waals surface area contributed by atoms with Crippen molar-refractivity contribution < 1.29 is 4.74 Å². The molecule has 20 heavy (non-hydrogen) atoms. The summed E-state index contributed by atoms with van der Waals surface area (Å²) in [6.45, 7) is 5.96. The molecule has 3 nitrogen and oxygen atoms in total. The average Bonchev–Trinajstić information content (AvgIpc) is 2.79. The predicted octanol–water partition coefficient (Wildman–Crippen LogP) is 4.01. The number of ether oxygens (including phenoxy) is 1. The molecule has 1 N–H and O–H groups in total. The second-order valence-electron chi connectivity index (χ2n) is 5.93. The first-order valence-electron chi connectivity index (χ1n) is 7.87. The van der Waals surface area contributed by atoms with Crippen LogP contribution in [0.15, 0.2) is 0 Å². The minimum absolute atomic E-state index is 0.408. The lowest BCUT2D eigenvalue weighted by Gasteiger charge is -2.26. The molecule has 0 saturated heterocycles. The number of aromatic nitrogens is 1. The van der Waals surface area contributed by atoms with Crippen LogP contribution in [0.25, 0.3) is 0 Å². The van der Waals surface area contributed by atoms with E-state index >= 15 is 0 Å². The van der Waals surface area contributed by atoms with Crippen LogP contribution in [0.4, 0.5) is 0 Å². The molecule has 1 atom stereocenters. The summed E-state index contributed by atoms with van der Waals surface area (Å²) in [6, 6.07) is 0.408. The van der Waals surface area contributed by atoms with Gasteiger partial charge in [0.1, 0.15) is 5.01 Å². The molecule has 0 aliphatic heterocycles. The van der Waals surface area contributed by atoms with Crippen LogP contribution in [-0.4, -0.2) is 25.2 Å². The number of aryl methyl sites for hydroxylation is 2. The van der Waals surface area contributed by atoms with Gasteiger partial charge in [-0.25, -0.2) is 4.98 Å². The fraction of sp³-hybridized carbons (Fsp3) is 0.812. The van der Waals surface area contributed by atoms with Crippen molar-refractivity contribution in [3.05, 3.63) is 15.6 Å². The number of rotatable bonds is 7. The molecule has 1 heterocycles. The minimum atomic E-state index is 0.408. The minimum Gasteiger partial charge on any atom is -0.383 e. The number of methoxy groups -OCH3 is 1. The highest BCUT2D eigenvalue weighted by molar-refractivity contribution is 7.11. The maximum atomic E-state index is 5.17. The third kappa shape index (κ3) is 4.54. The Hall–Kier alpha value is -0.450. The Morgan fingerprint density at radius 3 is 2.65 bits per heavy atom. The summed E-state index contributed by atoms with van der Waals surface area (Å²) < 4.78 is 5.17. The van der Waals surface area contributed by atoms with Crippen molar-refractivity contribution in [1.29, 1.82) is 0 Å². The highest BCUT2D eigenvalue weighted by atomic mass is 32.1. The van der Waals surface area contributed by atoms with E-state index in [1.807, 2.05) is 11.3 Å². The fourth-order valence-corrected chi connectivity index (χ4v) is 4.02. The maximum absolute atomic E-state index is 5.17. The van der Waals surface area contributed by atoms with Crippen LogP contribution in [-0.2, 0) is 4.74 Å². The van der Waals surface area contributed by atoms with E-state index in [2.05, 4.69) is 19.2 Å². The molecule has 1 aliphatic rings. The Morgan fingerprint density at radius 1 is 1.30 bits per heavy atom. The topological polar surface area (TPSA) is 34.1 Å². The van der Waals surface area contributed by atoms with Gasteiger partial charge in [-0.3, -0.25) is 0 Å². The maximum Gasteiger partial charge on any atom is 0.110 e. The van der Waals surface area contributed by atoms with Gasteiger partial charge in [-0.2, -0.15) is 0 Å². The molecule has 2 rings (SSSR count). The molecule has 1 saturated carbocycles. The summed E-state index contributed by atoms with van der Waals surface area (Å²) in [5.41, 5.74) is 1.19. The number of nitrogens with zero attached hydrogens (tertiary/aromatic N) is 1. The molecule has 0 bridgehead atoms. The van der Waals surface area contributed by atoms with Crippen LogP contribution in [0, 0.1) is 19.8 Å². The standard InChI is InChI=1S/C16H28N2OS/c1-12-13(2)20-16(18-12)15(17-9-10-19-3)11-14-7-5-4-6-8-14/h14-15,17H,4-11H2,1-3H3. The van der Waals surface area contributed by atoms with Gasteiger partial charge in [-0.05, 0) is 26.2 Å². The van der Waals surface area contributed by atoms with Crippen molar-refractivity contribution in [2.24, 2.45) is 5.92 Å². The first-order valence-corrected chi connectivity index (χ1v) is 8.68. The third-order valence-corrected chi connectivity index (χ3v) is 5.52. The van der Waals surface area contributed by atoms with Crippen molar-refractivity contribution >= 4 is 11.3 Å². The van der Waals surface area contributed by atoms with Gasteiger partial charge in [-0.1, -0.05) is 32.1 Å². The van der Waals surface area contributed by atoms with E-state index in [9.17, 15) is 0 Å². The zero-order valence-electron chi connectivity index (χ0n) is 13.1. The highest BCUT2D eigenvalue weighted by Crippen LogP contribution is 2.33. The number of nitrogens with one attached hydrogen (secondary N) is 1. The smallest absolute Gasteiger partial charge is 0.110 e. The van der Waals surface area contributed by atoms with Crippen molar-refractivity contribution in [3.63, 3.8) is 0 Å². The normalized spacial score (nSPS) is 18.4. The Labute approximate surface area is 127 Å². The Morgan fingerprint density at radius 2 is 2.05 bits per heavy atom. The summed E-state index contributed by atoms with van der Waals surface area (Å²) in [4.78, 5) is 6.12. The van der Waals surface area contributed by atoms with Crippen LogP contribution >= 0.6 is 11.3 Å². The molecular formula is C16H28N2OS. The van der Waals surface area contributed by atoms with E-state index in [1.54, 1.807) is 7.11 Å². The molecule has 0 radical (unpaired) electrons. The van der Waals surface area contributed by atoms with Crippen molar-refractivity contribution in [1.82, 2.24) is 10.3 Å². The molecule has 1 aromatic heterocycles. The van der Waals surface area contributed by atoms with Gasteiger partial charge < -0.3 is 10.1 Å². The predicted molar refractivity (Wildman–Crippen MR) is 85.4 cm³/mol. The Bertz CT molecular complexity index is 380. The van der Waals surface area contributed by atoms with Gasteiger partial charge in [0, 0.05) is 18.5 Å². The molecule has 1 aliphatic carbocycles. The van der Waals surface area contributed by atoms with Gasteiger partial charge in [0.15, 0.2) is 0 Å². The van der Waals surface area contributed by atoms with E-state index in [-0.39, 0.29) is 0 Å². The number of thiazole rings is 1. The molecular weight excluding hydrogens is 268 g/mol. The number of hydrogen-bond acceptors (Lipinski definition) is 4. The molecule has 0 spiro atoms. The van der Waals surface area contributed by atoms with Crippen molar-refractivity contribution in [2.75, 3.05) is 20.3 Å². The zero-order chi connectivity index (χ0) is 14.4. The molecule has 4 heteroatoms. The SMILES string of the molecule is COCCNC(CC1CCCCC1)c1nc(C)c(C)s1. The van der Waals surface area contributed by atoms with E-state index < -0.39 is 0 Å². The monoisotopic (exact) mass is 296 g/mol. The Balaban J connectivity index is 1.99. The average molecular weight is 296 g/mol. The second kappa shape index (κ2) is 8.11. The number of hydrogen-bond donors (Lipinski definition) is 1. The summed E-state index contributed by atoms with van der Waals surface area (Å²) in [5.74, 6) is 0.869. The molecule has 114 valence electrons. The van der Waals surface area contributed by atoms with Crippen molar-refractivity contribution in [2.45, 2.75) is 58.4 Å². The van der Waals surface area contributed by atoms with Crippen LogP contribution in [0.1, 0.15) is 60.1 Å².